The van der Waals surface area contributed by atoms with Gasteiger partial charge in [0, 0.05) is 45.8 Å². The molecule has 0 bridgehead atoms. The largest absolute Gasteiger partial charge is 0.339 e. The first-order valence-corrected chi connectivity index (χ1v) is 9.13. The lowest BCUT2D eigenvalue weighted by Crippen LogP contribution is -2.49. The Bertz CT molecular complexity index is 1160. The molecule has 1 fully saturated rings. The van der Waals surface area contributed by atoms with Crippen molar-refractivity contribution in [1.82, 2.24) is 24.0 Å². The Balaban J connectivity index is 1.54. The van der Waals surface area contributed by atoms with Gasteiger partial charge in [-0.05, 0) is 19.1 Å². The van der Waals surface area contributed by atoms with Crippen LogP contribution in [0.5, 0.6) is 0 Å². The maximum atomic E-state index is 12.7. The molecule has 0 unspecified atom stereocenters. The molecule has 3 aromatic rings. The number of piperazine rings is 1. The molecule has 9 nitrogen and oxygen atoms in total. The molecular formula is C19H22N6O3. The number of anilines is 1. The van der Waals surface area contributed by atoms with E-state index in [1.54, 1.807) is 7.05 Å². The fourth-order valence-electron chi connectivity index (χ4n) is 3.46. The second-order valence-corrected chi connectivity index (χ2v) is 7.11. The summed E-state index contributed by atoms with van der Waals surface area (Å²) >= 11 is 0. The molecular weight excluding hydrogens is 360 g/mol. The van der Waals surface area contributed by atoms with Crippen molar-refractivity contribution in [3.8, 4) is 0 Å². The zero-order valence-corrected chi connectivity index (χ0v) is 16.1. The second-order valence-electron chi connectivity index (χ2n) is 7.11. The molecule has 146 valence electrons. The van der Waals surface area contributed by atoms with E-state index in [2.05, 4.69) is 9.97 Å². The zero-order valence-electron chi connectivity index (χ0n) is 16.1. The van der Waals surface area contributed by atoms with Gasteiger partial charge in [0.2, 0.25) is 5.95 Å². The quantitative estimate of drug-likeness (QED) is 0.685. The summed E-state index contributed by atoms with van der Waals surface area (Å²) < 4.78 is 2.41. The average Bonchev–Trinajstić information content (AvgIpc) is 3.16. The van der Waals surface area contributed by atoms with Crippen LogP contribution in [0.15, 0.2) is 33.9 Å². The molecule has 3 heterocycles. The van der Waals surface area contributed by atoms with Crippen LogP contribution < -0.4 is 16.1 Å². The number of hydrogen-bond acceptors (Lipinski definition) is 5. The first kappa shape index (κ1) is 18.0. The first-order chi connectivity index (χ1) is 13.4. The van der Waals surface area contributed by atoms with E-state index in [1.807, 2.05) is 41.0 Å². The number of imidazole rings is 1. The third kappa shape index (κ3) is 2.88. The van der Waals surface area contributed by atoms with Crippen molar-refractivity contribution in [3.05, 3.63) is 56.2 Å². The van der Waals surface area contributed by atoms with E-state index < -0.39 is 11.2 Å². The van der Waals surface area contributed by atoms with E-state index in [1.165, 1.54) is 11.6 Å². The van der Waals surface area contributed by atoms with E-state index >= 15 is 0 Å². The van der Waals surface area contributed by atoms with Gasteiger partial charge in [-0.1, -0.05) is 17.7 Å². The van der Waals surface area contributed by atoms with Crippen LogP contribution in [0.3, 0.4) is 0 Å². The highest BCUT2D eigenvalue weighted by Crippen LogP contribution is 2.17. The number of aromatic nitrogens is 4. The van der Waals surface area contributed by atoms with Crippen molar-refractivity contribution < 1.29 is 4.79 Å². The van der Waals surface area contributed by atoms with Gasteiger partial charge >= 0.3 is 5.69 Å². The molecule has 2 aromatic heterocycles. The molecule has 9 heteroatoms. The van der Waals surface area contributed by atoms with Crippen LogP contribution in [0.2, 0.25) is 0 Å². The van der Waals surface area contributed by atoms with Crippen molar-refractivity contribution in [1.29, 1.82) is 0 Å². The highest BCUT2D eigenvalue weighted by molar-refractivity contribution is 5.94. The van der Waals surface area contributed by atoms with E-state index in [-0.39, 0.29) is 5.91 Å². The van der Waals surface area contributed by atoms with E-state index in [0.717, 1.165) is 10.1 Å². The van der Waals surface area contributed by atoms with Gasteiger partial charge in [0.25, 0.3) is 11.5 Å². The minimum absolute atomic E-state index is 0.0144. The highest BCUT2D eigenvalue weighted by Gasteiger charge is 2.24. The number of fused-ring (bicyclic) bond motifs is 1. The number of carbonyl (C=O) groups is 1. The average molecular weight is 382 g/mol. The van der Waals surface area contributed by atoms with Crippen molar-refractivity contribution in [2.24, 2.45) is 14.1 Å². The molecule has 1 saturated heterocycles. The number of rotatable bonds is 2. The fourth-order valence-corrected chi connectivity index (χ4v) is 3.46. The zero-order chi connectivity index (χ0) is 20.0. The van der Waals surface area contributed by atoms with Crippen LogP contribution in [0.4, 0.5) is 5.95 Å². The first-order valence-electron chi connectivity index (χ1n) is 9.13. The van der Waals surface area contributed by atoms with Crippen molar-refractivity contribution >= 4 is 23.0 Å². The van der Waals surface area contributed by atoms with Crippen LogP contribution >= 0.6 is 0 Å². The Labute approximate surface area is 160 Å². The van der Waals surface area contributed by atoms with Crippen LogP contribution in [-0.2, 0) is 14.1 Å². The van der Waals surface area contributed by atoms with Crippen molar-refractivity contribution in [2.75, 3.05) is 31.1 Å². The summed E-state index contributed by atoms with van der Waals surface area (Å²) in [7, 11) is 3.03. The SMILES string of the molecule is Cc1ccc(C(=O)N2CCN(c3nc4c([nH]3)c(=O)n(C)c(=O)n4C)CC2)cc1. The number of nitrogens with one attached hydrogen (secondary N) is 1. The monoisotopic (exact) mass is 382 g/mol. The Kier molecular flexibility index (Phi) is 4.29. The van der Waals surface area contributed by atoms with Crippen LogP contribution in [0.25, 0.3) is 11.2 Å². The third-order valence-electron chi connectivity index (χ3n) is 5.25. The van der Waals surface area contributed by atoms with E-state index in [9.17, 15) is 14.4 Å². The van der Waals surface area contributed by atoms with Gasteiger partial charge in [-0.25, -0.2) is 4.79 Å². The number of benzene rings is 1. The van der Waals surface area contributed by atoms with Gasteiger partial charge < -0.3 is 14.8 Å². The highest BCUT2D eigenvalue weighted by atomic mass is 16.2. The number of amides is 1. The van der Waals surface area contributed by atoms with Gasteiger partial charge in [0.15, 0.2) is 11.2 Å². The number of H-pyrrole nitrogens is 1. The number of nitrogens with zero attached hydrogens (tertiary/aromatic N) is 5. The van der Waals surface area contributed by atoms with Crippen molar-refractivity contribution in [3.63, 3.8) is 0 Å². The van der Waals surface area contributed by atoms with Gasteiger partial charge in [-0.3, -0.25) is 18.7 Å². The smallest absolute Gasteiger partial charge is 0.332 e. The summed E-state index contributed by atoms with van der Waals surface area (Å²) in [5.74, 6) is 0.552. The molecule has 1 aliphatic rings. The molecule has 0 atom stereocenters. The maximum absolute atomic E-state index is 12.7. The number of carbonyl (C=O) groups excluding carboxylic acids is 1. The van der Waals surface area contributed by atoms with Gasteiger partial charge in [-0.2, -0.15) is 4.98 Å². The Morgan fingerprint density at radius 1 is 1.00 bits per heavy atom. The molecule has 28 heavy (non-hydrogen) atoms. The van der Waals surface area contributed by atoms with Crippen molar-refractivity contribution in [2.45, 2.75) is 6.92 Å². The van der Waals surface area contributed by atoms with Gasteiger partial charge in [0.1, 0.15) is 0 Å². The standard InChI is InChI=1S/C19H22N6O3/c1-12-4-6-13(7-5-12)16(26)24-8-10-25(11-9-24)18-20-14-15(21-18)22(2)19(28)23(3)17(14)27/h4-7H,8-11H2,1-3H3,(H,20,21). The normalized spacial score (nSPS) is 14.7. The minimum atomic E-state index is -0.413. The van der Waals surface area contributed by atoms with Gasteiger partial charge in [0.05, 0.1) is 0 Å². The lowest BCUT2D eigenvalue weighted by molar-refractivity contribution is 0.0746. The summed E-state index contributed by atoms with van der Waals surface area (Å²) in [5.41, 5.74) is 1.63. The Morgan fingerprint density at radius 2 is 1.64 bits per heavy atom. The topological polar surface area (TPSA) is 96.2 Å². The minimum Gasteiger partial charge on any atom is -0.339 e. The van der Waals surface area contributed by atoms with Crippen LogP contribution in [-0.4, -0.2) is 56.1 Å². The molecule has 0 spiro atoms. The summed E-state index contributed by atoms with van der Waals surface area (Å²) in [6, 6.07) is 7.56. The number of hydrogen-bond donors (Lipinski definition) is 1. The van der Waals surface area contributed by atoms with Crippen LogP contribution in [0, 0.1) is 6.92 Å². The predicted octanol–water partition coefficient (Wildman–Crippen LogP) is 0.231. The molecule has 0 saturated carbocycles. The molecule has 1 aromatic carbocycles. The fraction of sp³-hybridized carbons (Fsp3) is 0.368. The summed E-state index contributed by atoms with van der Waals surface area (Å²) in [6.45, 7) is 4.28. The molecule has 0 aliphatic carbocycles. The van der Waals surface area contributed by atoms with Gasteiger partial charge in [-0.15, -0.1) is 0 Å². The molecule has 1 N–H and O–H groups in total. The maximum Gasteiger partial charge on any atom is 0.332 e. The molecule has 4 rings (SSSR count). The van der Waals surface area contributed by atoms with Crippen LogP contribution in [0.1, 0.15) is 15.9 Å². The second kappa shape index (κ2) is 6.66. The summed E-state index contributed by atoms with van der Waals surface area (Å²) in [5, 5.41) is 0. The number of aryl methyl sites for hydroxylation is 2. The predicted molar refractivity (Wildman–Crippen MR) is 106 cm³/mol. The molecule has 1 amide bonds. The summed E-state index contributed by atoms with van der Waals surface area (Å²) in [4.78, 5) is 48.4. The Hall–Kier alpha value is -3.36. The Morgan fingerprint density at radius 3 is 2.29 bits per heavy atom. The molecule has 0 radical (unpaired) electrons. The number of aromatic amines is 1. The lowest BCUT2D eigenvalue weighted by Gasteiger charge is -2.34. The lowest BCUT2D eigenvalue weighted by atomic mass is 10.1. The third-order valence-corrected chi connectivity index (χ3v) is 5.25. The van der Waals surface area contributed by atoms with E-state index in [0.29, 0.717) is 48.9 Å². The summed E-state index contributed by atoms with van der Waals surface area (Å²) in [6.07, 6.45) is 0. The van der Waals surface area contributed by atoms with E-state index in [4.69, 9.17) is 0 Å². The molecule has 1 aliphatic heterocycles.